The van der Waals surface area contributed by atoms with Crippen LogP contribution in [0.3, 0.4) is 0 Å². The predicted octanol–water partition coefficient (Wildman–Crippen LogP) is 4.38. The van der Waals surface area contributed by atoms with Crippen LogP contribution in [0, 0.1) is 0 Å². The number of hydrogen-bond donors (Lipinski definition) is 0. The second kappa shape index (κ2) is 7.32. The lowest BCUT2D eigenvalue weighted by atomic mass is 10.0. The largest absolute Gasteiger partial charge is 0.493 e. The van der Waals surface area contributed by atoms with Gasteiger partial charge in [-0.1, -0.05) is 39.3 Å². The summed E-state index contributed by atoms with van der Waals surface area (Å²) in [6.07, 6.45) is 6.14. The third kappa shape index (κ3) is 3.55. The van der Waals surface area contributed by atoms with Crippen LogP contribution in [-0.4, -0.2) is 6.61 Å². The van der Waals surface area contributed by atoms with E-state index in [4.69, 9.17) is 4.74 Å². The van der Waals surface area contributed by atoms with Gasteiger partial charge in [-0.3, -0.25) is 0 Å². The molecule has 1 nitrogen and oxygen atoms in total. The van der Waals surface area contributed by atoms with Crippen LogP contribution >= 0.6 is 0 Å². The fraction of sp³-hybridized carbons (Fsp3) is 0.600. The molecule has 1 heteroatoms. The lowest BCUT2D eigenvalue weighted by Crippen LogP contribution is -2.08. The van der Waals surface area contributed by atoms with E-state index >= 15 is 0 Å². The molecule has 0 aliphatic carbocycles. The van der Waals surface area contributed by atoms with Gasteiger partial charge in [0.05, 0.1) is 6.61 Å². The second-order valence-electron chi connectivity index (χ2n) is 4.00. The monoisotopic (exact) mass is 220 g/mol. The molecule has 0 aromatic heterocycles. The number of rotatable bonds is 3. The van der Waals surface area contributed by atoms with Crippen molar-refractivity contribution in [1.29, 1.82) is 0 Å². The van der Waals surface area contributed by atoms with Gasteiger partial charge in [0.2, 0.25) is 0 Å². The Morgan fingerprint density at radius 2 is 2.06 bits per heavy atom. The van der Waals surface area contributed by atoms with Gasteiger partial charge in [0.25, 0.3) is 0 Å². The molecule has 0 bridgehead atoms. The lowest BCUT2D eigenvalue weighted by molar-refractivity contribution is 0.288. The number of unbranched alkanes of at least 4 members (excludes halogenated alkanes) is 1. The smallest absolute Gasteiger partial charge is 0.122 e. The molecule has 0 saturated heterocycles. The number of hydrogen-bond acceptors (Lipinski definition) is 1. The van der Waals surface area contributed by atoms with Crippen LogP contribution < -0.4 is 4.74 Å². The molecule has 0 spiro atoms. The molecule has 1 aliphatic heterocycles. The van der Waals surface area contributed by atoms with E-state index < -0.39 is 0 Å². The molecule has 1 aliphatic rings. The van der Waals surface area contributed by atoms with Gasteiger partial charge in [-0.05, 0) is 42.9 Å². The molecule has 0 unspecified atom stereocenters. The number of aryl methyl sites for hydroxylation is 2. The first-order valence-electron chi connectivity index (χ1n) is 6.65. The molecule has 0 atom stereocenters. The van der Waals surface area contributed by atoms with E-state index in [9.17, 15) is 0 Å². The summed E-state index contributed by atoms with van der Waals surface area (Å²) in [7, 11) is 0. The summed E-state index contributed by atoms with van der Waals surface area (Å²) in [6, 6.07) is 6.67. The third-order valence-electron chi connectivity index (χ3n) is 2.79. The van der Waals surface area contributed by atoms with Crippen molar-refractivity contribution in [1.82, 2.24) is 0 Å². The highest BCUT2D eigenvalue weighted by Crippen LogP contribution is 2.25. The topological polar surface area (TPSA) is 9.23 Å². The van der Waals surface area contributed by atoms with Gasteiger partial charge >= 0.3 is 0 Å². The lowest BCUT2D eigenvalue weighted by Gasteiger charge is -2.17. The number of fused-ring (bicyclic) bond motifs is 1. The minimum Gasteiger partial charge on any atom is -0.493 e. The maximum absolute atomic E-state index is 5.58. The van der Waals surface area contributed by atoms with Crippen molar-refractivity contribution in [2.45, 2.75) is 52.9 Å². The van der Waals surface area contributed by atoms with Crippen molar-refractivity contribution in [3.8, 4) is 5.75 Å². The van der Waals surface area contributed by atoms with Crippen LogP contribution in [0.15, 0.2) is 18.2 Å². The predicted molar refractivity (Wildman–Crippen MR) is 70.2 cm³/mol. The SMILES string of the molecule is CC.CCCCc1ccc2c(c1)CCCO2. The van der Waals surface area contributed by atoms with Crippen molar-refractivity contribution in [3.05, 3.63) is 29.3 Å². The summed E-state index contributed by atoms with van der Waals surface area (Å²) in [4.78, 5) is 0. The fourth-order valence-electron chi connectivity index (χ4n) is 1.95. The highest BCUT2D eigenvalue weighted by molar-refractivity contribution is 5.38. The van der Waals surface area contributed by atoms with E-state index in [0.29, 0.717) is 0 Å². The molecule has 0 N–H and O–H groups in total. The minimum atomic E-state index is 0.890. The zero-order chi connectivity index (χ0) is 11.8. The molecule has 0 fully saturated rings. The van der Waals surface area contributed by atoms with Crippen molar-refractivity contribution in [2.75, 3.05) is 6.61 Å². The molecule has 0 radical (unpaired) electrons. The average Bonchev–Trinajstić information content (AvgIpc) is 2.38. The van der Waals surface area contributed by atoms with Crippen molar-refractivity contribution in [2.24, 2.45) is 0 Å². The zero-order valence-electron chi connectivity index (χ0n) is 10.9. The quantitative estimate of drug-likeness (QED) is 0.734. The number of ether oxygens (including phenoxy) is 1. The highest BCUT2D eigenvalue weighted by atomic mass is 16.5. The zero-order valence-corrected chi connectivity index (χ0v) is 10.9. The Morgan fingerprint density at radius 3 is 2.81 bits per heavy atom. The standard InChI is InChI=1S/C13H18O.C2H6/c1-2-3-5-11-7-8-13-12(10-11)6-4-9-14-13;1-2/h7-8,10H,2-6,9H2,1H3;1-2H3. The Balaban J connectivity index is 0.000000606. The Morgan fingerprint density at radius 1 is 1.25 bits per heavy atom. The van der Waals surface area contributed by atoms with E-state index in [1.54, 1.807) is 0 Å². The third-order valence-corrected chi connectivity index (χ3v) is 2.79. The van der Waals surface area contributed by atoms with E-state index in [1.807, 2.05) is 13.8 Å². The van der Waals surface area contributed by atoms with Crippen LogP contribution in [0.25, 0.3) is 0 Å². The molecule has 0 amide bonds. The summed E-state index contributed by atoms with van der Waals surface area (Å²) in [5, 5.41) is 0. The molecule has 0 saturated carbocycles. The Hall–Kier alpha value is -0.980. The summed E-state index contributed by atoms with van der Waals surface area (Å²) < 4.78 is 5.58. The summed E-state index contributed by atoms with van der Waals surface area (Å²) >= 11 is 0. The van der Waals surface area contributed by atoms with E-state index in [0.717, 1.165) is 12.4 Å². The Kier molecular flexibility index (Phi) is 5.99. The van der Waals surface area contributed by atoms with E-state index in [2.05, 4.69) is 25.1 Å². The van der Waals surface area contributed by atoms with Gasteiger partial charge < -0.3 is 4.74 Å². The van der Waals surface area contributed by atoms with Gasteiger partial charge in [-0.15, -0.1) is 0 Å². The first kappa shape index (κ1) is 13.1. The molecule has 1 aromatic rings. The van der Waals surface area contributed by atoms with Crippen LogP contribution in [-0.2, 0) is 12.8 Å². The highest BCUT2D eigenvalue weighted by Gasteiger charge is 2.09. The Labute approximate surface area is 99.8 Å². The molecular weight excluding hydrogens is 196 g/mol. The van der Waals surface area contributed by atoms with Crippen LogP contribution in [0.2, 0.25) is 0 Å². The van der Waals surface area contributed by atoms with E-state index in [-0.39, 0.29) is 0 Å². The molecule has 16 heavy (non-hydrogen) atoms. The summed E-state index contributed by atoms with van der Waals surface area (Å²) in [5.74, 6) is 1.11. The normalized spacial score (nSPS) is 13.2. The van der Waals surface area contributed by atoms with Crippen LogP contribution in [0.1, 0.15) is 51.2 Å². The van der Waals surface area contributed by atoms with E-state index in [1.165, 1.54) is 43.2 Å². The van der Waals surface area contributed by atoms with Gasteiger partial charge in [0.1, 0.15) is 5.75 Å². The summed E-state index contributed by atoms with van der Waals surface area (Å²) in [5.41, 5.74) is 2.88. The molecule has 1 aromatic carbocycles. The maximum Gasteiger partial charge on any atom is 0.122 e. The first-order valence-corrected chi connectivity index (χ1v) is 6.65. The van der Waals surface area contributed by atoms with Crippen molar-refractivity contribution in [3.63, 3.8) is 0 Å². The number of benzene rings is 1. The average molecular weight is 220 g/mol. The molecule has 2 rings (SSSR count). The van der Waals surface area contributed by atoms with Gasteiger partial charge in [0, 0.05) is 0 Å². The van der Waals surface area contributed by atoms with Crippen LogP contribution in [0.4, 0.5) is 0 Å². The minimum absolute atomic E-state index is 0.890. The fourth-order valence-corrected chi connectivity index (χ4v) is 1.95. The van der Waals surface area contributed by atoms with Gasteiger partial charge in [-0.25, -0.2) is 0 Å². The summed E-state index contributed by atoms with van der Waals surface area (Å²) in [6.45, 7) is 7.13. The molecule has 90 valence electrons. The maximum atomic E-state index is 5.58. The Bertz CT molecular complexity index is 304. The van der Waals surface area contributed by atoms with Gasteiger partial charge in [-0.2, -0.15) is 0 Å². The first-order chi connectivity index (χ1) is 7.90. The van der Waals surface area contributed by atoms with Crippen LogP contribution in [0.5, 0.6) is 5.75 Å². The molecule has 1 heterocycles. The second-order valence-corrected chi connectivity index (χ2v) is 4.00. The van der Waals surface area contributed by atoms with Crippen molar-refractivity contribution >= 4 is 0 Å². The van der Waals surface area contributed by atoms with Gasteiger partial charge in [0.15, 0.2) is 0 Å². The van der Waals surface area contributed by atoms with Crippen molar-refractivity contribution < 1.29 is 4.74 Å². The molecular formula is C15H24O.